The molecule has 9 heteroatoms. The van der Waals surface area contributed by atoms with Crippen molar-refractivity contribution < 1.29 is 14.2 Å². The molecule has 0 aliphatic carbocycles. The molecule has 0 N–H and O–H groups in total. The number of ether oxygens (including phenoxy) is 3. The van der Waals surface area contributed by atoms with Gasteiger partial charge in [-0.05, 0) is 96.4 Å². The summed E-state index contributed by atoms with van der Waals surface area (Å²) in [6.45, 7) is 2.20. The van der Waals surface area contributed by atoms with Crippen LogP contribution in [-0.2, 0) is 5.41 Å². The van der Waals surface area contributed by atoms with Gasteiger partial charge in [0.25, 0.3) is 0 Å². The van der Waals surface area contributed by atoms with Gasteiger partial charge in [0.1, 0.15) is 17.2 Å². The molecule has 254 valence electrons. The lowest BCUT2D eigenvalue weighted by Crippen LogP contribution is -2.25. The molecular formula is C44H30N6O3. The summed E-state index contributed by atoms with van der Waals surface area (Å²) in [4.78, 5) is 27.3. The number of para-hydroxylation sites is 6. The third kappa shape index (κ3) is 6.43. The topological polar surface area (TPSA) is 105 Å². The highest BCUT2D eigenvalue weighted by Crippen LogP contribution is 2.41. The summed E-state index contributed by atoms with van der Waals surface area (Å²) in [6, 6.07) is 47.3. The minimum Gasteiger partial charge on any atom is -0.437 e. The second kappa shape index (κ2) is 13.5. The minimum atomic E-state index is -0.580. The first-order chi connectivity index (χ1) is 26.1. The van der Waals surface area contributed by atoms with Gasteiger partial charge in [0.2, 0.25) is 17.6 Å². The van der Waals surface area contributed by atoms with Crippen LogP contribution in [0, 0.1) is 0 Å². The maximum atomic E-state index is 6.13. The second-order valence-corrected chi connectivity index (χ2v) is 12.6. The molecular weight excluding hydrogens is 661 g/mol. The van der Waals surface area contributed by atoms with E-state index < -0.39 is 5.41 Å². The average molecular weight is 691 g/mol. The Morgan fingerprint density at radius 2 is 0.604 bits per heavy atom. The zero-order valence-electron chi connectivity index (χ0n) is 28.5. The lowest BCUT2D eigenvalue weighted by atomic mass is 9.71. The molecule has 9 aromatic rings. The Morgan fingerprint density at radius 1 is 0.340 bits per heavy atom. The largest absolute Gasteiger partial charge is 0.437 e. The van der Waals surface area contributed by atoms with Crippen molar-refractivity contribution in [2.75, 3.05) is 0 Å². The Hall–Kier alpha value is -7.26. The van der Waals surface area contributed by atoms with Crippen molar-refractivity contribution in [1.29, 1.82) is 0 Å². The van der Waals surface area contributed by atoms with Crippen molar-refractivity contribution in [3.63, 3.8) is 0 Å². The van der Waals surface area contributed by atoms with Crippen molar-refractivity contribution in [3.8, 4) is 34.9 Å². The molecule has 0 bridgehead atoms. The summed E-state index contributed by atoms with van der Waals surface area (Å²) in [5, 5.41) is 0. The summed E-state index contributed by atoms with van der Waals surface area (Å²) < 4.78 is 18.4. The Labute approximate surface area is 304 Å². The van der Waals surface area contributed by atoms with Crippen molar-refractivity contribution >= 4 is 33.1 Å². The first-order valence-corrected chi connectivity index (χ1v) is 17.1. The van der Waals surface area contributed by atoms with E-state index in [2.05, 4.69) is 73.2 Å². The van der Waals surface area contributed by atoms with Crippen LogP contribution in [0.15, 0.2) is 164 Å². The Morgan fingerprint density at radius 3 is 0.887 bits per heavy atom. The summed E-state index contributed by atoms with van der Waals surface area (Å²) in [6.07, 6.45) is 4.92. The normalized spacial score (nSPS) is 11.5. The Kier molecular flexibility index (Phi) is 8.05. The van der Waals surface area contributed by atoms with E-state index in [9.17, 15) is 0 Å². The van der Waals surface area contributed by atoms with Crippen LogP contribution >= 0.6 is 0 Å². The van der Waals surface area contributed by atoms with Gasteiger partial charge in [-0.25, -0.2) is 29.9 Å². The molecule has 0 atom stereocenters. The van der Waals surface area contributed by atoms with Gasteiger partial charge in [0.05, 0.1) is 51.7 Å². The van der Waals surface area contributed by atoms with E-state index >= 15 is 0 Å². The average Bonchev–Trinajstić information content (AvgIpc) is 3.21. The summed E-state index contributed by atoms with van der Waals surface area (Å²) in [7, 11) is 0. The maximum Gasteiger partial charge on any atom is 0.238 e. The first-order valence-electron chi connectivity index (χ1n) is 17.1. The molecule has 0 spiro atoms. The van der Waals surface area contributed by atoms with Crippen LogP contribution < -0.4 is 14.2 Å². The number of hydrogen-bond acceptors (Lipinski definition) is 9. The van der Waals surface area contributed by atoms with Crippen LogP contribution in [0.3, 0.4) is 0 Å². The van der Waals surface area contributed by atoms with E-state index in [1.807, 2.05) is 109 Å². The lowest BCUT2D eigenvalue weighted by molar-refractivity contribution is 0.461. The van der Waals surface area contributed by atoms with Crippen LogP contribution in [0.4, 0.5) is 0 Å². The SMILES string of the molecule is CC(c1ccc(Oc2cnc3ccccc3n2)cc1)(c1ccc(Oc2cnc3ccccc3n2)cc1)c1ccc(Oc2cnc3ccccc3n2)cc1. The molecule has 3 heterocycles. The number of rotatable bonds is 9. The summed E-state index contributed by atoms with van der Waals surface area (Å²) in [5.41, 5.74) is 7.34. The van der Waals surface area contributed by atoms with Crippen molar-refractivity contribution in [3.05, 3.63) is 181 Å². The molecule has 0 saturated carbocycles. The number of nitrogens with zero attached hydrogens (tertiary/aromatic N) is 6. The molecule has 0 amide bonds. The smallest absolute Gasteiger partial charge is 0.238 e. The van der Waals surface area contributed by atoms with Crippen LogP contribution in [0.2, 0.25) is 0 Å². The van der Waals surface area contributed by atoms with E-state index in [0.29, 0.717) is 34.9 Å². The highest BCUT2D eigenvalue weighted by atomic mass is 16.5. The fourth-order valence-corrected chi connectivity index (χ4v) is 6.40. The monoisotopic (exact) mass is 690 g/mol. The van der Waals surface area contributed by atoms with Gasteiger partial charge in [0, 0.05) is 5.41 Å². The molecule has 53 heavy (non-hydrogen) atoms. The first kappa shape index (κ1) is 31.7. The van der Waals surface area contributed by atoms with Gasteiger partial charge in [-0.1, -0.05) is 72.8 Å². The number of aromatic nitrogens is 6. The fraction of sp³-hybridized carbons (Fsp3) is 0.0455. The van der Waals surface area contributed by atoms with Crippen LogP contribution in [-0.4, -0.2) is 29.9 Å². The standard InChI is InChI=1S/C44H30N6O3/c1-44(29-14-20-32(21-15-29)51-41-26-45-35-8-2-5-11-38(35)48-41,30-16-22-33(23-17-30)52-42-27-46-36-9-3-6-12-39(36)49-42)31-18-24-34(25-19-31)53-43-28-47-37-10-4-7-13-40(37)50-43/h2-28H,1H3. The second-order valence-electron chi connectivity index (χ2n) is 12.6. The predicted molar refractivity (Wildman–Crippen MR) is 204 cm³/mol. The van der Waals surface area contributed by atoms with Crippen LogP contribution in [0.1, 0.15) is 23.6 Å². The minimum absolute atomic E-state index is 0.428. The number of fused-ring (bicyclic) bond motifs is 3. The van der Waals surface area contributed by atoms with Gasteiger partial charge in [0.15, 0.2) is 0 Å². The fourth-order valence-electron chi connectivity index (χ4n) is 6.40. The quantitative estimate of drug-likeness (QED) is 0.137. The van der Waals surface area contributed by atoms with Crippen molar-refractivity contribution in [1.82, 2.24) is 29.9 Å². The highest BCUT2D eigenvalue weighted by molar-refractivity contribution is 5.75. The number of hydrogen-bond donors (Lipinski definition) is 0. The van der Waals surface area contributed by atoms with Gasteiger partial charge in [-0.2, -0.15) is 0 Å². The lowest BCUT2D eigenvalue weighted by Gasteiger charge is -2.32. The Bertz CT molecular complexity index is 2420. The third-order valence-electron chi connectivity index (χ3n) is 9.24. The molecule has 3 aromatic heterocycles. The predicted octanol–water partition coefficient (Wildman–Crippen LogP) is 10.2. The van der Waals surface area contributed by atoms with E-state index in [1.165, 1.54) is 0 Å². The summed E-state index contributed by atoms with van der Waals surface area (Å²) in [5.74, 6) is 3.25. The summed E-state index contributed by atoms with van der Waals surface area (Å²) >= 11 is 0. The molecule has 0 unspecified atom stereocenters. The molecule has 0 fully saturated rings. The van der Waals surface area contributed by atoms with Crippen molar-refractivity contribution in [2.24, 2.45) is 0 Å². The zero-order chi connectivity index (χ0) is 35.6. The molecule has 9 rings (SSSR count). The Balaban J connectivity index is 1.02. The van der Waals surface area contributed by atoms with Gasteiger partial charge in [-0.15, -0.1) is 0 Å². The number of benzene rings is 6. The molecule has 0 saturated heterocycles. The van der Waals surface area contributed by atoms with Crippen LogP contribution in [0.25, 0.3) is 33.1 Å². The van der Waals surface area contributed by atoms with E-state index in [-0.39, 0.29) is 0 Å². The third-order valence-corrected chi connectivity index (χ3v) is 9.24. The highest BCUT2D eigenvalue weighted by Gasteiger charge is 2.31. The van der Waals surface area contributed by atoms with Gasteiger partial charge < -0.3 is 14.2 Å². The van der Waals surface area contributed by atoms with Crippen LogP contribution in [0.5, 0.6) is 34.9 Å². The van der Waals surface area contributed by atoms with Gasteiger partial charge >= 0.3 is 0 Å². The molecule has 6 aromatic carbocycles. The van der Waals surface area contributed by atoms with E-state index in [0.717, 1.165) is 49.8 Å². The molecule has 0 aliphatic rings. The van der Waals surface area contributed by atoms with E-state index in [4.69, 9.17) is 14.2 Å². The maximum absolute atomic E-state index is 6.13. The molecule has 0 radical (unpaired) electrons. The molecule has 9 nitrogen and oxygen atoms in total. The molecule has 0 aliphatic heterocycles. The zero-order valence-corrected chi connectivity index (χ0v) is 28.5. The van der Waals surface area contributed by atoms with Crippen molar-refractivity contribution in [2.45, 2.75) is 12.3 Å². The van der Waals surface area contributed by atoms with Gasteiger partial charge in [-0.3, -0.25) is 0 Å². The van der Waals surface area contributed by atoms with E-state index in [1.54, 1.807) is 18.6 Å².